The number of sulfonamides is 1. The van der Waals surface area contributed by atoms with Gasteiger partial charge in [-0.1, -0.05) is 0 Å². The fourth-order valence-electron chi connectivity index (χ4n) is 7.38. The molecule has 0 aliphatic carbocycles. The average molecular weight is 903 g/mol. The molecule has 0 unspecified atom stereocenters. The number of nitrogens with zero attached hydrogens (tertiary/aromatic N) is 2. The number of halogens is 1. The van der Waals surface area contributed by atoms with Crippen LogP contribution >= 0.6 is 15.9 Å². The van der Waals surface area contributed by atoms with Gasteiger partial charge >= 0.3 is 326 Å². The normalized spacial score (nSPS) is 12.7. The summed E-state index contributed by atoms with van der Waals surface area (Å²) in [6.45, 7) is 18.1. The molecule has 0 fully saturated rings. The topological polar surface area (TPSA) is 51.5 Å². The van der Waals surface area contributed by atoms with E-state index >= 15 is 0 Å². The van der Waals surface area contributed by atoms with Crippen LogP contribution in [-0.4, -0.2) is 50.3 Å². The molecule has 0 radical (unpaired) electrons. The van der Waals surface area contributed by atoms with Gasteiger partial charge in [-0.25, -0.2) is 0 Å². The van der Waals surface area contributed by atoms with Gasteiger partial charge < -0.3 is 0 Å². The molecule has 0 saturated heterocycles. The van der Waals surface area contributed by atoms with Gasteiger partial charge in [-0.15, -0.1) is 0 Å². The molecule has 3 aromatic carbocycles. The Morgan fingerprint density at radius 1 is 0.784 bits per heavy atom. The van der Waals surface area contributed by atoms with E-state index in [-0.39, 0.29) is 0 Å². The summed E-state index contributed by atoms with van der Waals surface area (Å²) in [6.07, 6.45) is 7.21. The molecule has 0 amide bonds. The summed E-state index contributed by atoms with van der Waals surface area (Å²) < 4.78 is 46.1. The number of aryl methyl sites for hydroxylation is 1. The van der Waals surface area contributed by atoms with Crippen molar-refractivity contribution in [1.82, 2.24) is 8.87 Å². The summed E-state index contributed by atoms with van der Waals surface area (Å²) in [5, 5.41) is 1.86. The van der Waals surface area contributed by atoms with E-state index in [0.717, 1.165) is 29.3 Å². The Morgan fingerprint density at radius 2 is 1.35 bits per heavy atom. The fraction of sp³-hybridized carbons (Fsp3) is 0.524. The number of unbranched alkanes of at least 4 members (excludes halogenated alkanes) is 3. The molecule has 1 aromatic heterocycles. The molecule has 9 heteroatoms. The molecule has 5 nitrogen and oxygen atoms in total. The third-order valence-electron chi connectivity index (χ3n) is 10.4. The van der Waals surface area contributed by atoms with Crippen LogP contribution in [0.2, 0.25) is 39.0 Å². The average Bonchev–Trinajstić information content (AvgIpc) is 3.43. The summed E-state index contributed by atoms with van der Waals surface area (Å²) >= 11 is 0.458. The predicted molar refractivity (Wildman–Crippen MR) is 227 cm³/mol. The van der Waals surface area contributed by atoms with E-state index in [4.69, 9.17) is 4.74 Å². The van der Waals surface area contributed by atoms with E-state index < -0.39 is 36.5 Å². The first kappa shape index (κ1) is 42.3. The van der Waals surface area contributed by atoms with Crippen molar-refractivity contribution in [3.63, 3.8) is 0 Å². The number of ether oxygens (including phenoxy) is 1. The van der Waals surface area contributed by atoms with Crippen molar-refractivity contribution < 1.29 is 13.2 Å². The third-order valence-corrected chi connectivity index (χ3v) is 30.3. The second kappa shape index (κ2) is 19.8. The standard InChI is InChI=1S/C30H36BrN2O3SSi.3C4H9.Sn/c1-24-13-15-28(16-14-24)37(34,35)33(21-26-10-6-5-9-25(26)19-31)22-27-20-32(23-36-17-18-38(2,3)4)30-12-8-7-11-29(27)30;3*1-3-4-2;/h5-16H,17-19,21-23H2,1-4H3;3*1,3-4H2,2H3;. The maximum absolute atomic E-state index is 14.9. The Morgan fingerprint density at radius 3 is 1.92 bits per heavy atom. The molecule has 51 heavy (non-hydrogen) atoms. The van der Waals surface area contributed by atoms with Gasteiger partial charge in [-0.2, -0.15) is 0 Å². The van der Waals surface area contributed by atoms with E-state index in [1.54, 1.807) is 16.4 Å². The molecule has 4 aromatic rings. The molecule has 0 saturated carbocycles. The van der Waals surface area contributed by atoms with Crippen molar-refractivity contribution in [3.8, 4) is 0 Å². The summed E-state index contributed by atoms with van der Waals surface area (Å²) in [5.41, 5.74) is 5.61. The van der Waals surface area contributed by atoms with Gasteiger partial charge in [-0.3, -0.25) is 0 Å². The van der Waals surface area contributed by atoms with E-state index in [0.29, 0.717) is 30.0 Å². The zero-order valence-corrected chi connectivity index (χ0v) is 38.7. The van der Waals surface area contributed by atoms with Crippen LogP contribution in [-0.2, 0) is 39.9 Å². The monoisotopic (exact) mass is 902 g/mol. The second-order valence-electron chi connectivity index (χ2n) is 15.7. The molecule has 1 heterocycles. The van der Waals surface area contributed by atoms with Crippen LogP contribution in [0.15, 0.2) is 77.7 Å². The molecule has 0 bridgehead atoms. The van der Waals surface area contributed by atoms with Crippen LogP contribution < -0.4 is 3.71 Å². The fourth-order valence-corrected chi connectivity index (χ4v) is 27.7. The molecule has 0 aliphatic rings. The van der Waals surface area contributed by atoms with Crippen molar-refractivity contribution in [2.75, 3.05) is 6.61 Å². The molecule has 0 atom stereocenters. The van der Waals surface area contributed by atoms with E-state index in [1.165, 1.54) is 72.0 Å². The van der Waals surface area contributed by atoms with Gasteiger partial charge in [0, 0.05) is 0 Å². The molecule has 0 aliphatic heterocycles. The Bertz CT molecular complexity index is 1760. The zero-order valence-electron chi connectivity index (χ0n) is 32.4. The number of rotatable bonds is 22. The third kappa shape index (κ3) is 11.1. The van der Waals surface area contributed by atoms with Crippen LogP contribution in [0, 0.1) is 6.92 Å². The number of benzene rings is 3. The minimum absolute atomic E-state index is 0.311. The zero-order chi connectivity index (χ0) is 37.1. The number of alkyl halides is 1. The van der Waals surface area contributed by atoms with Crippen LogP contribution in [0.1, 0.15) is 81.5 Å². The predicted octanol–water partition coefficient (Wildman–Crippen LogP) is 11.6. The summed E-state index contributed by atoms with van der Waals surface area (Å²) in [7, 11) is -5.11. The van der Waals surface area contributed by atoms with Crippen molar-refractivity contribution in [2.24, 2.45) is 0 Å². The molecular weight excluding hydrogens is 839 g/mol. The number of hydrogen-bond acceptors (Lipinski definition) is 3. The maximum atomic E-state index is 14.9. The van der Waals surface area contributed by atoms with Gasteiger partial charge in [-0.05, 0) is 0 Å². The number of aromatic nitrogens is 1. The first-order valence-corrected chi connectivity index (χ1v) is 33.0. The summed E-state index contributed by atoms with van der Waals surface area (Å²) in [6, 6.07) is 25.5. The quantitative estimate of drug-likeness (QED) is 0.0449. The summed E-state index contributed by atoms with van der Waals surface area (Å²) in [5.74, 6) is 0. The van der Waals surface area contributed by atoms with Gasteiger partial charge in [0.05, 0.1) is 0 Å². The Kier molecular flexibility index (Phi) is 16.4. The van der Waals surface area contributed by atoms with E-state index in [2.05, 4.69) is 97.3 Å². The summed E-state index contributed by atoms with van der Waals surface area (Å²) in [4.78, 5) is 0.349. The van der Waals surface area contributed by atoms with Gasteiger partial charge in [0.1, 0.15) is 0 Å². The molecule has 0 spiro atoms. The van der Waals surface area contributed by atoms with Gasteiger partial charge in [0.2, 0.25) is 0 Å². The van der Waals surface area contributed by atoms with Crippen LogP contribution in [0.3, 0.4) is 0 Å². The number of para-hydroxylation sites is 1. The van der Waals surface area contributed by atoms with Gasteiger partial charge in [0.15, 0.2) is 0 Å². The SMILES string of the molecule is CCC[CH2][Sn]([CH2]CCC)([CH2]CCC)[c]1c(CN(Cc2ccccc2CBr)S(=O)(=O)c2ccc(C)cc2)c2ccccc2n1COCC[Si](C)(C)C. The van der Waals surface area contributed by atoms with Crippen molar-refractivity contribution in [2.45, 2.75) is 135 Å². The number of fused-ring (bicyclic) bond motifs is 1. The Balaban J connectivity index is 2.01. The van der Waals surface area contributed by atoms with Crippen molar-refractivity contribution >= 4 is 67.0 Å². The first-order chi connectivity index (χ1) is 24.4. The van der Waals surface area contributed by atoms with Crippen molar-refractivity contribution in [1.29, 1.82) is 0 Å². The van der Waals surface area contributed by atoms with Crippen molar-refractivity contribution in [3.05, 3.63) is 95.1 Å². The van der Waals surface area contributed by atoms with Gasteiger partial charge in [0.25, 0.3) is 0 Å². The Labute approximate surface area is 323 Å². The minimum atomic E-state index is -3.84. The van der Waals surface area contributed by atoms with E-state index in [1.807, 2.05) is 31.2 Å². The Hall–Kier alpha value is -1.43. The van der Waals surface area contributed by atoms with Crippen LogP contribution in [0.5, 0.6) is 0 Å². The first-order valence-electron chi connectivity index (χ1n) is 19.3. The second-order valence-corrected chi connectivity index (χ2v) is 36.8. The molecule has 280 valence electrons. The molecular formula is C42H63BrN2O3SSiSn. The molecule has 4 rings (SSSR count). The van der Waals surface area contributed by atoms with Crippen LogP contribution in [0.4, 0.5) is 0 Å². The number of hydrogen-bond donors (Lipinski definition) is 0. The van der Waals surface area contributed by atoms with E-state index in [9.17, 15) is 8.42 Å². The van der Waals surface area contributed by atoms with Crippen LogP contribution in [0.25, 0.3) is 10.9 Å². The molecule has 0 N–H and O–H groups in total.